The number of hydrogen-bond donors (Lipinski definition) is 0. The molecule has 612 valence electrons. The average Bonchev–Trinajstić information content (AvgIpc) is 1.66. The standard InChI is InChI=1S/C95H77NO24S/c97-83-69-53-31-32-54-70(69)84(98)96(83)74-78(114-88(102)63-41-19-5-20-42-63)75(113-87(101)62-39-17-4-18-40-62)71(56-107-55-59-33-11-1-12-34-59)110-93(74)119-76-72(57-108-85(99)60-35-13-2-14-36-60)111-94(81(117-91(105)66-47-25-8-26-48-66)79(76)115-89(103)64-43-21-6-22-44-64)120-77-73(58-109-86(100)61-37-15-3-16-38-61)112-95(121-68-51-29-10-30-52-68)82(118-92(106)67-49-27-9-28-50-67)80(77)116-90(104)65-45-23-7-24-46-65/h1-54,71-82,93-95H,55-58H2/t71-,72-,73-,74-,75+,76+,77-,78-,79+,80?,81-,82?,93+,94+,95+/m1/s1. The highest BCUT2D eigenvalue weighted by Crippen LogP contribution is 2.44. The Bertz CT molecular complexity index is 5370. The second-order valence-corrected chi connectivity index (χ2v) is 29.3. The number of nitrogens with zero attached hydrogens (tertiary/aromatic N) is 1. The molecule has 26 heteroatoms. The SMILES string of the molecule is O=C(OC[C@H]1O[C@@H](O[C@H]2C(OC(=O)c3ccccc3)C(OC(=O)c3ccccc3)[C@H](Sc3ccccc3)O[C@@H]2COC(=O)c2ccccc2)[C@H](OC(=O)c2ccccc2)[C@@H](OC(=O)c2ccccc2)[C@H]1O[C@@H]1O[C@H](COCc2ccccc2)[C@H](OC(=O)c2ccccc2)[C@H](OC(=O)c2ccccc2)[C@H]1N1C(=O)c2ccccc2C1=O)c1ccccc1. The summed E-state index contributed by atoms with van der Waals surface area (Å²) in [6, 6.07) is 83.2. The molecule has 3 fully saturated rings. The molecule has 0 aromatic heterocycles. The molecule has 0 spiro atoms. The van der Waals surface area contributed by atoms with Crippen molar-refractivity contribution in [1.29, 1.82) is 0 Å². The van der Waals surface area contributed by atoms with Crippen LogP contribution in [0.4, 0.5) is 0 Å². The molecule has 3 saturated heterocycles. The first kappa shape index (κ1) is 82.5. The molecule has 15 rings (SSSR count). The molecule has 2 amide bonds. The van der Waals surface area contributed by atoms with Crippen LogP contribution in [-0.2, 0) is 72.9 Å². The maximum Gasteiger partial charge on any atom is 0.338 e. The maximum atomic E-state index is 15.7. The van der Waals surface area contributed by atoms with Gasteiger partial charge in [-0.3, -0.25) is 14.5 Å². The molecule has 0 saturated carbocycles. The molecule has 0 bridgehead atoms. The first-order valence-electron chi connectivity index (χ1n) is 38.8. The third-order valence-electron chi connectivity index (χ3n) is 20.2. The van der Waals surface area contributed by atoms with Gasteiger partial charge in [-0.15, -0.1) is 0 Å². The molecule has 0 aliphatic carbocycles. The van der Waals surface area contributed by atoms with Gasteiger partial charge in [0.2, 0.25) is 0 Å². The first-order valence-corrected chi connectivity index (χ1v) is 39.6. The van der Waals surface area contributed by atoms with Crippen LogP contribution in [0.5, 0.6) is 0 Å². The van der Waals surface area contributed by atoms with Crippen molar-refractivity contribution < 1.29 is 114 Å². The number of benzene rings is 11. The Balaban J connectivity index is 0.932. The predicted octanol–water partition coefficient (Wildman–Crippen LogP) is 13.7. The lowest BCUT2D eigenvalue weighted by Gasteiger charge is -2.51. The zero-order chi connectivity index (χ0) is 83.6. The minimum atomic E-state index is -2.29. The van der Waals surface area contributed by atoms with Crippen LogP contribution >= 0.6 is 11.8 Å². The van der Waals surface area contributed by atoms with E-state index in [1.165, 1.54) is 146 Å². The van der Waals surface area contributed by atoms with Crippen molar-refractivity contribution in [3.8, 4) is 0 Å². The lowest BCUT2D eigenvalue weighted by Crippen LogP contribution is -2.70. The van der Waals surface area contributed by atoms with Crippen molar-refractivity contribution in [1.82, 2.24) is 4.90 Å². The highest BCUT2D eigenvalue weighted by Gasteiger charge is 2.62. The van der Waals surface area contributed by atoms with Gasteiger partial charge >= 0.3 is 47.8 Å². The number of rotatable bonds is 29. The number of imide groups is 1. The molecule has 15 atom stereocenters. The van der Waals surface area contributed by atoms with E-state index in [-0.39, 0.29) is 62.2 Å². The van der Waals surface area contributed by atoms with Crippen molar-refractivity contribution in [3.63, 3.8) is 0 Å². The van der Waals surface area contributed by atoms with Gasteiger partial charge in [-0.1, -0.05) is 218 Å². The Hall–Kier alpha value is -13.6. The van der Waals surface area contributed by atoms with E-state index in [2.05, 4.69) is 0 Å². The van der Waals surface area contributed by atoms with Crippen LogP contribution in [0.15, 0.2) is 332 Å². The number of thioether (sulfide) groups is 1. The topological polar surface area (TPSA) is 303 Å². The van der Waals surface area contributed by atoms with Crippen molar-refractivity contribution >= 4 is 71.3 Å². The fourth-order valence-corrected chi connectivity index (χ4v) is 15.4. The van der Waals surface area contributed by atoms with Crippen molar-refractivity contribution in [2.24, 2.45) is 0 Å². The van der Waals surface area contributed by atoms with Crippen LogP contribution in [0, 0.1) is 0 Å². The average molecular weight is 1650 g/mol. The first-order chi connectivity index (χ1) is 59.2. The Morgan fingerprint density at radius 1 is 0.281 bits per heavy atom. The minimum absolute atomic E-state index is 0.00743. The highest BCUT2D eigenvalue weighted by molar-refractivity contribution is 7.99. The van der Waals surface area contributed by atoms with Crippen LogP contribution in [-0.4, -0.2) is 175 Å². The van der Waals surface area contributed by atoms with Crippen molar-refractivity contribution in [2.45, 2.75) is 103 Å². The van der Waals surface area contributed by atoms with Gasteiger partial charge in [0.25, 0.3) is 11.8 Å². The van der Waals surface area contributed by atoms with Crippen molar-refractivity contribution in [2.75, 3.05) is 19.8 Å². The van der Waals surface area contributed by atoms with E-state index in [0.717, 1.165) is 16.7 Å². The lowest BCUT2D eigenvalue weighted by molar-refractivity contribution is -0.363. The van der Waals surface area contributed by atoms with Gasteiger partial charge in [-0.05, 0) is 127 Å². The normalized spacial score (nSPS) is 22.9. The molecule has 25 nitrogen and oxygen atoms in total. The van der Waals surface area contributed by atoms with Gasteiger partial charge in [0.1, 0.15) is 55.2 Å². The third kappa shape index (κ3) is 19.9. The second kappa shape index (κ2) is 39.3. The Morgan fingerprint density at radius 3 is 0.967 bits per heavy atom. The smallest absolute Gasteiger partial charge is 0.338 e. The third-order valence-corrected chi connectivity index (χ3v) is 21.3. The molecular weight excluding hydrogens is 1570 g/mol. The van der Waals surface area contributed by atoms with E-state index in [9.17, 15) is 19.2 Å². The maximum absolute atomic E-state index is 15.7. The molecule has 2 unspecified atom stereocenters. The van der Waals surface area contributed by atoms with Crippen molar-refractivity contribution in [3.05, 3.63) is 389 Å². The van der Waals surface area contributed by atoms with Gasteiger partial charge in [-0.25, -0.2) is 38.4 Å². The van der Waals surface area contributed by atoms with E-state index in [1.54, 1.807) is 182 Å². The summed E-state index contributed by atoms with van der Waals surface area (Å²) in [5.74, 6) is -10.1. The Kier molecular flexibility index (Phi) is 26.8. The molecule has 4 aliphatic rings. The molecule has 11 aromatic rings. The summed E-state index contributed by atoms with van der Waals surface area (Å²) in [5, 5.41) is 0. The number of carbonyl (C=O) groups excluding carboxylic acids is 10. The van der Waals surface area contributed by atoms with Crippen LogP contribution in [0.1, 0.15) is 109 Å². The summed E-state index contributed by atoms with van der Waals surface area (Å²) in [7, 11) is 0. The summed E-state index contributed by atoms with van der Waals surface area (Å²) in [6.07, 6.45) is -26.1. The Morgan fingerprint density at radius 2 is 0.570 bits per heavy atom. The van der Waals surface area contributed by atoms with Gasteiger partial charge in [0.15, 0.2) is 49.2 Å². The lowest BCUT2D eigenvalue weighted by atomic mass is 9.93. The summed E-state index contributed by atoms with van der Waals surface area (Å²) < 4.78 is 95.3. The minimum Gasteiger partial charge on any atom is -0.459 e. The molecule has 0 radical (unpaired) electrons. The number of ether oxygens (including phenoxy) is 14. The van der Waals surface area contributed by atoms with Gasteiger partial charge in [0.05, 0.1) is 68.8 Å². The molecule has 4 heterocycles. The van der Waals surface area contributed by atoms with Gasteiger partial charge in [0, 0.05) is 4.90 Å². The van der Waals surface area contributed by atoms with E-state index in [1.807, 2.05) is 0 Å². The molecule has 121 heavy (non-hydrogen) atoms. The second-order valence-electron chi connectivity index (χ2n) is 28.1. The molecule has 0 N–H and O–H groups in total. The molecular formula is C95H77NO24S. The number of esters is 8. The van der Waals surface area contributed by atoms with Crippen LogP contribution in [0.2, 0.25) is 0 Å². The highest BCUT2D eigenvalue weighted by atomic mass is 32.2. The van der Waals surface area contributed by atoms with Crippen LogP contribution in [0.25, 0.3) is 0 Å². The van der Waals surface area contributed by atoms with E-state index >= 15 is 28.8 Å². The predicted molar refractivity (Wildman–Crippen MR) is 432 cm³/mol. The molecule has 4 aliphatic heterocycles. The fraction of sp³-hybridized carbons (Fsp3) is 0.200. The summed E-state index contributed by atoms with van der Waals surface area (Å²) in [6.45, 7) is -2.39. The number of hydrogen-bond acceptors (Lipinski definition) is 25. The van der Waals surface area contributed by atoms with Crippen LogP contribution in [0.3, 0.4) is 0 Å². The monoisotopic (exact) mass is 1650 g/mol. The number of amides is 2. The summed E-state index contributed by atoms with van der Waals surface area (Å²) in [5.41, 5.74) is -1.13. The summed E-state index contributed by atoms with van der Waals surface area (Å²) in [4.78, 5) is 154. The Labute approximate surface area is 698 Å². The zero-order valence-electron chi connectivity index (χ0n) is 64.3. The van der Waals surface area contributed by atoms with Crippen LogP contribution < -0.4 is 0 Å². The quantitative estimate of drug-likeness (QED) is 0.0239. The van der Waals surface area contributed by atoms with E-state index < -0.39 is 171 Å². The fourth-order valence-electron chi connectivity index (χ4n) is 14.3. The summed E-state index contributed by atoms with van der Waals surface area (Å²) >= 11 is 1.04. The number of carbonyl (C=O) groups is 10. The van der Waals surface area contributed by atoms with E-state index in [0.29, 0.717) is 10.5 Å². The number of fused-ring (bicyclic) bond motifs is 1. The zero-order valence-corrected chi connectivity index (χ0v) is 65.1. The van der Waals surface area contributed by atoms with Gasteiger partial charge in [-0.2, -0.15) is 0 Å². The van der Waals surface area contributed by atoms with E-state index in [4.69, 9.17) is 66.3 Å². The van der Waals surface area contributed by atoms with Gasteiger partial charge < -0.3 is 66.3 Å². The molecule has 11 aromatic carbocycles. The largest absolute Gasteiger partial charge is 0.459 e.